The van der Waals surface area contributed by atoms with Gasteiger partial charge in [0, 0.05) is 17.7 Å². The largest absolute Gasteiger partial charge is 0.481 e. The van der Waals surface area contributed by atoms with Crippen molar-refractivity contribution in [2.45, 2.75) is 71.0 Å². The van der Waals surface area contributed by atoms with Crippen LogP contribution in [0.1, 0.15) is 86.8 Å². The fraction of sp³-hybridized carbons (Fsp3) is 0.467. The van der Waals surface area contributed by atoms with Crippen LogP contribution >= 0.6 is 0 Å². The van der Waals surface area contributed by atoms with Crippen molar-refractivity contribution in [1.29, 1.82) is 0 Å². The van der Waals surface area contributed by atoms with Crippen molar-refractivity contribution in [3.63, 3.8) is 0 Å². The first-order valence-corrected chi connectivity index (χ1v) is 13.5. The molecule has 2 aromatic rings. The van der Waals surface area contributed by atoms with Crippen LogP contribution in [-0.4, -0.2) is 45.7 Å². The highest BCUT2D eigenvalue weighted by Gasteiger charge is 2.53. The van der Waals surface area contributed by atoms with Crippen LogP contribution in [0.3, 0.4) is 0 Å². The number of hydrogen-bond donors (Lipinski definition) is 2. The fourth-order valence-electron chi connectivity index (χ4n) is 6.21. The molecule has 0 bridgehead atoms. The van der Waals surface area contributed by atoms with Gasteiger partial charge in [0.25, 0.3) is 11.8 Å². The molecule has 2 amide bonds. The van der Waals surface area contributed by atoms with Crippen LogP contribution in [0.25, 0.3) is 0 Å². The van der Waals surface area contributed by atoms with Crippen LogP contribution in [0.15, 0.2) is 47.5 Å². The molecule has 4 rings (SSSR count). The third-order valence-corrected chi connectivity index (χ3v) is 7.61. The second kappa shape index (κ2) is 11.6. The van der Waals surface area contributed by atoms with E-state index in [2.05, 4.69) is 19.2 Å². The highest BCUT2D eigenvalue weighted by atomic mass is 19.2. The topological polar surface area (TPSA) is 99.1 Å². The number of carbonyl (C=O) groups excluding carboxylic acids is 2. The number of aliphatic carboxylic acids is 1. The number of benzene rings is 2. The molecule has 0 radical (unpaired) electrons. The van der Waals surface area contributed by atoms with Gasteiger partial charge >= 0.3 is 5.97 Å². The lowest BCUT2D eigenvalue weighted by atomic mass is 9.75. The Morgan fingerprint density at radius 3 is 2.41 bits per heavy atom. The van der Waals surface area contributed by atoms with Crippen LogP contribution in [0.2, 0.25) is 0 Å². The molecule has 2 N–H and O–H groups in total. The van der Waals surface area contributed by atoms with Gasteiger partial charge in [-0.3, -0.25) is 19.4 Å². The molecule has 1 heterocycles. The lowest BCUT2D eigenvalue weighted by Gasteiger charge is -2.47. The normalized spacial score (nSPS) is 23.6. The Kier molecular flexibility index (Phi) is 8.47. The van der Waals surface area contributed by atoms with Gasteiger partial charge in [-0.25, -0.2) is 8.78 Å². The van der Waals surface area contributed by atoms with Crippen LogP contribution < -0.4 is 5.32 Å². The summed E-state index contributed by atoms with van der Waals surface area (Å²) in [7, 11) is 0. The molecule has 1 aliphatic carbocycles. The van der Waals surface area contributed by atoms with Gasteiger partial charge in [-0.2, -0.15) is 0 Å². The second-order valence-electron chi connectivity index (χ2n) is 10.9. The fourth-order valence-corrected chi connectivity index (χ4v) is 6.21. The smallest absolute Gasteiger partial charge is 0.305 e. The van der Waals surface area contributed by atoms with E-state index in [1.165, 1.54) is 12.1 Å². The van der Waals surface area contributed by atoms with Crippen molar-refractivity contribution in [3.05, 3.63) is 70.8 Å². The Balaban J connectivity index is 1.72. The van der Waals surface area contributed by atoms with Crippen LogP contribution in [0.5, 0.6) is 0 Å². The summed E-state index contributed by atoms with van der Waals surface area (Å²) in [5, 5.41) is 11.4. The van der Waals surface area contributed by atoms with Gasteiger partial charge in [0.2, 0.25) is 0 Å². The zero-order valence-corrected chi connectivity index (χ0v) is 22.5. The van der Waals surface area contributed by atoms with Crippen LogP contribution in [0, 0.1) is 23.5 Å². The molecule has 208 valence electrons. The van der Waals surface area contributed by atoms with Crippen molar-refractivity contribution in [3.8, 4) is 0 Å². The van der Waals surface area contributed by atoms with E-state index in [0.29, 0.717) is 24.8 Å². The van der Waals surface area contributed by atoms with Crippen molar-refractivity contribution in [2.75, 3.05) is 6.54 Å². The first-order valence-electron chi connectivity index (χ1n) is 13.5. The molecular formula is C30H35F2N3O4. The third-order valence-electron chi connectivity index (χ3n) is 7.61. The number of hydrogen-bond acceptors (Lipinski definition) is 4. The maximum atomic E-state index is 14.9. The van der Waals surface area contributed by atoms with E-state index >= 15 is 0 Å². The molecule has 1 spiro atoms. The van der Waals surface area contributed by atoms with Gasteiger partial charge in [-0.1, -0.05) is 45.4 Å². The monoisotopic (exact) mass is 539 g/mol. The van der Waals surface area contributed by atoms with Gasteiger partial charge in [-0.05, 0) is 67.3 Å². The molecule has 0 aromatic heterocycles. The summed E-state index contributed by atoms with van der Waals surface area (Å²) < 4.78 is 29.1. The minimum Gasteiger partial charge on any atom is -0.481 e. The Bertz CT molecular complexity index is 1270. The van der Waals surface area contributed by atoms with E-state index in [9.17, 15) is 23.2 Å². The summed E-state index contributed by atoms with van der Waals surface area (Å²) in [6.45, 7) is 6.29. The number of nitrogens with zero attached hydrogens (tertiary/aromatic N) is 2. The minimum absolute atomic E-state index is 0.0201. The Labute approximate surface area is 227 Å². The van der Waals surface area contributed by atoms with E-state index < -0.39 is 29.2 Å². The molecule has 3 atom stereocenters. The standard InChI is InChI=1S/C30H35F2N3O4/c1-4-6-24(20-9-11-21(12-10-20)28(38)33-14-13-25(36)37)35-29(39)27(22-7-5-8-23(31)26(22)32)34-30(35)16-18(2)15-19(3)17-30/h5,7-12,18-19,24H,4,6,13-17H2,1-3H3,(H,33,38)(H,36,37). The quantitative estimate of drug-likeness (QED) is 0.440. The lowest BCUT2D eigenvalue weighted by molar-refractivity contribution is -0.137. The zero-order valence-electron chi connectivity index (χ0n) is 22.5. The first kappa shape index (κ1) is 28.4. The van der Waals surface area contributed by atoms with Crippen molar-refractivity contribution in [1.82, 2.24) is 10.2 Å². The van der Waals surface area contributed by atoms with E-state index in [0.717, 1.165) is 24.5 Å². The van der Waals surface area contributed by atoms with Gasteiger partial charge in [-0.15, -0.1) is 0 Å². The van der Waals surface area contributed by atoms with Crippen molar-refractivity contribution >= 4 is 23.5 Å². The van der Waals surface area contributed by atoms with Gasteiger partial charge in [0.05, 0.1) is 12.5 Å². The van der Waals surface area contributed by atoms with Crippen LogP contribution in [-0.2, 0) is 9.59 Å². The highest BCUT2D eigenvalue weighted by molar-refractivity contribution is 6.46. The Hall–Kier alpha value is -3.62. The Morgan fingerprint density at radius 2 is 1.79 bits per heavy atom. The van der Waals surface area contributed by atoms with Crippen LogP contribution in [0.4, 0.5) is 8.78 Å². The summed E-state index contributed by atoms with van der Waals surface area (Å²) in [5.41, 5.74) is 0.129. The predicted octanol–water partition coefficient (Wildman–Crippen LogP) is 5.49. The molecule has 9 heteroatoms. The average molecular weight is 540 g/mol. The van der Waals surface area contributed by atoms with E-state index in [4.69, 9.17) is 10.1 Å². The van der Waals surface area contributed by atoms with E-state index in [-0.39, 0.29) is 48.0 Å². The van der Waals surface area contributed by atoms with Crippen molar-refractivity contribution < 1.29 is 28.3 Å². The molecule has 1 saturated carbocycles. The second-order valence-corrected chi connectivity index (χ2v) is 10.9. The molecule has 3 unspecified atom stereocenters. The molecule has 39 heavy (non-hydrogen) atoms. The summed E-state index contributed by atoms with van der Waals surface area (Å²) in [5.74, 6) is -3.34. The van der Waals surface area contributed by atoms with Gasteiger partial charge in [0.15, 0.2) is 11.6 Å². The van der Waals surface area contributed by atoms with E-state index in [1.807, 2.05) is 6.92 Å². The number of carbonyl (C=O) groups is 3. The number of carboxylic acid groups (broad SMARTS) is 1. The molecule has 1 fully saturated rings. The SMILES string of the molecule is CCCC(c1ccc(C(=O)NCCC(=O)O)cc1)N1C(=O)C(c2cccc(F)c2F)=NC12CC(C)CC(C)C2. The van der Waals surface area contributed by atoms with E-state index in [1.54, 1.807) is 29.2 Å². The summed E-state index contributed by atoms with van der Waals surface area (Å²) in [4.78, 5) is 44.0. The summed E-state index contributed by atoms with van der Waals surface area (Å²) in [6.07, 6.45) is 3.44. The third kappa shape index (κ3) is 5.87. The maximum Gasteiger partial charge on any atom is 0.305 e. The number of rotatable bonds is 9. The number of aliphatic imine (C=N–C) groups is 1. The van der Waals surface area contributed by atoms with Gasteiger partial charge < -0.3 is 15.3 Å². The number of amides is 2. The average Bonchev–Trinajstić information content (AvgIpc) is 3.13. The molecule has 2 aliphatic rings. The number of nitrogens with one attached hydrogen (secondary N) is 1. The first-order chi connectivity index (χ1) is 18.6. The van der Waals surface area contributed by atoms with Gasteiger partial charge in [0.1, 0.15) is 11.4 Å². The molecule has 0 saturated heterocycles. The summed E-state index contributed by atoms with van der Waals surface area (Å²) >= 11 is 0. The number of halogens is 2. The maximum absolute atomic E-state index is 14.9. The minimum atomic E-state index is -1.08. The lowest BCUT2D eigenvalue weighted by Crippen LogP contribution is -2.52. The number of carboxylic acids is 1. The molecular weight excluding hydrogens is 504 g/mol. The zero-order chi connectivity index (χ0) is 28.3. The highest BCUT2D eigenvalue weighted by Crippen LogP contribution is 2.48. The molecule has 2 aromatic carbocycles. The predicted molar refractivity (Wildman–Crippen MR) is 143 cm³/mol. The van der Waals surface area contributed by atoms with Crippen molar-refractivity contribution in [2.24, 2.45) is 16.8 Å². The Morgan fingerprint density at radius 1 is 1.13 bits per heavy atom. The summed E-state index contributed by atoms with van der Waals surface area (Å²) in [6, 6.07) is 10.3. The molecule has 7 nitrogen and oxygen atoms in total. The molecule has 1 aliphatic heterocycles.